The van der Waals surface area contributed by atoms with Crippen LogP contribution in [0.1, 0.15) is 6.42 Å². The number of alkyl halides is 2. The van der Waals surface area contributed by atoms with E-state index >= 15 is 0 Å². The van der Waals surface area contributed by atoms with Gasteiger partial charge in [0.15, 0.2) is 9.84 Å². The van der Waals surface area contributed by atoms with Crippen LogP contribution < -0.4 is 0 Å². The second-order valence-corrected chi connectivity index (χ2v) is 12.6. The van der Waals surface area contributed by atoms with Crippen molar-refractivity contribution in [2.24, 2.45) is 0 Å². The van der Waals surface area contributed by atoms with E-state index in [1.165, 1.54) is 29.3 Å². The zero-order valence-corrected chi connectivity index (χ0v) is 23.2. The van der Waals surface area contributed by atoms with E-state index in [2.05, 4.69) is 25.1 Å². The molecule has 9 nitrogen and oxygen atoms in total. The molecule has 2 aromatic carbocycles. The third kappa shape index (κ3) is 5.10. The average Bonchev–Trinajstić information content (AvgIpc) is 3.67. The lowest BCUT2D eigenvalue weighted by Gasteiger charge is -2.16. The van der Waals surface area contributed by atoms with Crippen molar-refractivity contribution >= 4 is 31.6 Å². The van der Waals surface area contributed by atoms with Crippen molar-refractivity contribution in [3.05, 3.63) is 79.0 Å². The van der Waals surface area contributed by atoms with Crippen molar-refractivity contribution in [1.29, 1.82) is 0 Å². The van der Waals surface area contributed by atoms with E-state index < -0.39 is 34.0 Å². The number of nitrogens with zero attached hydrogens (tertiary/aromatic N) is 4. The lowest BCUT2D eigenvalue weighted by molar-refractivity contribution is 0.0139. The first-order valence-electron chi connectivity index (χ1n) is 13.3. The number of nitrogens with one attached hydrogen (secondary N) is 2. The van der Waals surface area contributed by atoms with Crippen molar-refractivity contribution < 1.29 is 26.7 Å². The van der Waals surface area contributed by atoms with Gasteiger partial charge in [0.2, 0.25) is 0 Å². The van der Waals surface area contributed by atoms with Gasteiger partial charge in [-0.2, -0.15) is 5.10 Å². The molecule has 218 valence electrons. The highest BCUT2D eigenvalue weighted by Gasteiger charge is 2.39. The van der Waals surface area contributed by atoms with Gasteiger partial charge in [-0.1, -0.05) is 6.07 Å². The number of aromatic nitrogens is 5. The van der Waals surface area contributed by atoms with Crippen LogP contribution in [0, 0.1) is 5.82 Å². The van der Waals surface area contributed by atoms with Gasteiger partial charge in [0.05, 0.1) is 28.3 Å². The van der Waals surface area contributed by atoms with Crippen LogP contribution in [0.15, 0.2) is 78.1 Å². The van der Waals surface area contributed by atoms with Crippen LogP contribution in [-0.4, -0.2) is 68.5 Å². The summed E-state index contributed by atoms with van der Waals surface area (Å²) in [6.45, 7) is -0.579. The summed E-state index contributed by atoms with van der Waals surface area (Å²) in [7, 11) is -3.89. The first-order chi connectivity index (χ1) is 20.5. The molecule has 0 amide bonds. The standard InChI is InChI=1S/C30H23F3N6O3S/c31-20-7-18(8-21(40)11-20)28-24-12-27(36-25(24)3-5-35-28)29-23-10-17(1-2-26(23)37-38-29)19-9-22(14-34-13-19)43(41,42)16-39-6-4-30(32,33)15-39/h1-3,5,7-14,36,40H,4,6,15-16H2,(H,37,38). The SMILES string of the molecule is O=S(=O)(CN1CCC(F)(F)C1)c1cncc(-c2ccc3[nH]nc(-c4cc5c(-c6cc(O)cc(F)c6)nccc5[nH]4)c3c2)c1. The van der Waals surface area contributed by atoms with E-state index in [0.29, 0.717) is 39.2 Å². The number of phenolic OH excluding ortho intramolecular Hbond substituents is 1. The molecule has 1 fully saturated rings. The molecule has 5 heterocycles. The quantitative estimate of drug-likeness (QED) is 0.221. The zero-order chi connectivity index (χ0) is 29.9. The Bertz CT molecular complexity index is 2120. The van der Waals surface area contributed by atoms with Gasteiger partial charge in [-0.3, -0.25) is 20.0 Å². The number of aromatic amines is 2. The fourth-order valence-corrected chi connectivity index (χ4v) is 6.88. The third-order valence-electron chi connectivity index (χ3n) is 7.53. The molecular formula is C30H23F3N6O3S. The third-order valence-corrected chi connectivity index (χ3v) is 9.18. The average molecular weight is 605 g/mol. The van der Waals surface area contributed by atoms with Crippen LogP contribution in [0.5, 0.6) is 5.75 Å². The van der Waals surface area contributed by atoms with Crippen LogP contribution in [0.3, 0.4) is 0 Å². The number of rotatable bonds is 6. The Morgan fingerprint density at radius 2 is 1.77 bits per heavy atom. The van der Waals surface area contributed by atoms with E-state index in [1.807, 2.05) is 24.3 Å². The largest absolute Gasteiger partial charge is 0.508 e. The van der Waals surface area contributed by atoms with Gasteiger partial charge in [-0.25, -0.2) is 21.6 Å². The summed E-state index contributed by atoms with van der Waals surface area (Å²) in [6, 6.07) is 14.4. The summed E-state index contributed by atoms with van der Waals surface area (Å²) in [5, 5.41) is 18.9. The van der Waals surface area contributed by atoms with E-state index in [9.17, 15) is 26.7 Å². The maximum Gasteiger partial charge on any atom is 0.261 e. The zero-order valence-electron chi connectivity index (χ0n) is 22.4. The summed E-state index contributed by atoms with van der Waals surface area (Å²) >= 11 is 0. The molecule has 1 aliphatic heterocycles. The molecule has 43 heavy (non-hydrogen) atoms. The van der Waals surface area contributed by atoms with Crippen LogP contribution in [0.4, 0.5) is 13.2 Å². The normalized spacial score (nSPS) is 15.5. The molecule has 7 rings (SSSR count). The molecule has 4 aromatic heterocycles. The molecule has 0 unspecified atom stereocenters. The number of phenols is 1. The van der Waals surface area contributed by atoms with Gasteiger partial charge < -0.3 is 10.1 Å². The lowest BCUT2D eigenvalue weighted by atomic mass is 10.0. The monoisotopic (exact) mass is 604 g/mol. The Balaban J connectivity index is 1.24. The molecule has 13 heteroatoms. The maximum atomic E-state index is 14.0. The molecule has 6 aromatic rings. The number of likely N-dealkylation sites (tertiary alicyclic amines) is 1. The van der Waals surface area contributed by atoms with Gasteiger partial charge in [0.25, 0.3) is 5.92 Å². The van der Waals surface area contributed by atoms with E-state index in [1.54, 1.807) is 18.5 Å². The van der Waals surface area contributed by atoms with E-state index in [4.69, 9.17) is 0 Å². The Morgan fingerprint density at radius 1 is 0.930 bits per heavy atom. The Kier molecular flexibility index (Phi) is 6.25. The topological polar surface area (TPSA) is 128 Å². The molecule has 1 aliphatic rings. The molecule has 0 saturated carbocycles. The summed E-state index contributed by atoms with van der Waals surface area (Å²) in [5.74, 6) is -4.19. The molecule has 3 N–H and O–H groups in total. The summed E-state index contributed by atoms with van der Waals surface area (Å²) in [5.41, 5.74) is 4.84. The van der Waals surface area contributed by atoms with Crippen LogP contribution in [0.25, 0.3) is 55.6 Å². The lowest BCUT2D eigenvalue weighted by Crippen LogP contribution is -2.30. The van der Waals surface area contributed by atoms with Crippen molar-refractivity contribution in [3.8, 4) is 39.5 Å². The number of H-pyrrole nitrogens is 2. The van der Waals surface area contributed by atoms with Crippen molar-refractivity contribution in [1.82, 2.24) is 30.0 Å². The fraction of sp³-hybridized carbons (Fsp3) is 0.167. The summed E-state index contributed by atoms with van der Waals surface area (Å²) in [6.07, 6.45) is 3.99. The minimum absolute atomic E-state index is 0.00923. The first-order valence-corrected chi connectivity index (χ1v) is 14.9. The molecular weight excluding hydrogens is 581 g/mol. The highest BCUT2D eigenvalue weighted by molar-refractivity contribution is 7.91. The van der Waals surface area contributed by atoms with Crippen LogP contribution >= 0.6 is 0 Å². The molecule has 1 saturated heterocycles. The van der Waals surface area contributed by atoms with Crippen molar-refractivity contribution in [2.75, 3.05) is 19.0 Å². The number of sulfone groups is 1. The van der Waals surface area contributed by atoms with Gasteiger partial charge >= 0.3 is 0 Å². The highest BCUT2D eigenvalue weighted by atomic mass is 32.2. The number of fused-ring (bicyclic) bond motifs is 2. The highest BCUT2D eigenvalue weighted by Crippen LogP contribution is 2.36. The Morgan fingerprint density at radius 3 is 2.56 bits per heavy atom. The Labute approximate surface area is 243 Å². The van der Waals surface area contributed by atoms with Gasteiger partial charge in [0.1, 0.15) is 23.1 Å². The Hall–Kier alpha value is -4.75. The first kappa shape index (κ1) is 27.1. The van der Waals surface area contributed by atoms with Gasteiger partial charge in [0, 0.05) is 65.0 Å². The predicted molar refractivity (Wildman–Crippen MR) is 155 cm³/mol. The molecule has 0 aliphatic carbocycles. The number of aromatic hydroxyl groups is 1. The molecule has 0 spiro atoms. The predicted octanol–water partition coefficient (Wildman–Crippen LogP) is 5.75. The molecule has 0 atom stereocenters. The second kappa shape index (κ2) is 9.92. The van der Waals surface area contributed by atoms with Crippen LogP contribution in [-0.2, 0) is 9.84 Å². The fourth-order valence-electron chi connectivity index (χ4n) is 5.50. The number of halogens is 3. The van der Waals surface area contributed by atoms with Gasteiger partial charge in [-0.05, 0) is 48.0 Å². The number of benzene rings is 2. The minimum Gasteiger partial charge on any atom is -0.508 e. The van der Waals surface area contributed by atoms with Crippen molar-refractivity contribution in [2.45, 2.75) is 17.2 Å². The smallest absolute Gasteiger partial charge is 0.261 e. The van der Waals surface area contributed by atoms with Crippen molar-refractivity contribution in [3.63, 3.8) is 0 Å². The van der Waals surface area contributed by atoms with E-state index in [0.717, 1.165) is 22.5 Å². The number of hydrogen-bond acceptors (Lipinski definition) is 7. The summed E-state index contributed by atoms with van der Waals surface area (Å²) in [4.78, 5) is 13.1. The molecule has 0 radical (unpaired) electrons. The summed E-state index contributed by atoms with van der Waals surface area (Å²) < 4.78 is 67.4. The second-order valence-electron chi connectivity index (χ2n) is 10.6. The number of hydrogen-bond donors (Lipinski definition) is 3. The van der Waals surface area contributed by atoms with Gasteiger partial charge in [-0.15, -0.1) is 0 Å². The van der Waals surface area contributed by atoms with Crippen LogP contribution in [0.2, 0.25) is 0 Å². The number of pyridine rings is 2. The maximum absolute atomic E-state index is 14.0. The van der Waals surface area contributed by atoms with E-state index in [-0.39, 0.29) is 23.6 Å². The minimum atomic E-state index is -3.89. The molecule has 0 bridgehead atoms.